The predicted octanol–water partition coefficient (Wildman–Crippen LogP) is 3.11. The van der Waals surface area contributed by atoms with Gasteiger partial charge in [-0.25, -0.2) is 0 Å². The van der Waals surface area contributed by atoms with Crippen molar-refractivity contribution in [2.75, 3.05) is 0 Å². The Labute approximate surface area is 184 Å². The van der Waals surface area contributed by atoms with Crippen LogP contribution in [0.15, 0.2) is 66.1 Å². The average Bonchev–Trinajstić information content (AvgIpc) is 3.33. The number of aryl methyl sites for hydroxylation is 1. The number of nitrogens with one attached hydrogen (secondary N) is 1. The second kappa shape index (κ2) is 8.37. The zero-order valence-electron chi connectivity index (χ0n) is 17.8. The topological polar surface area (TPSA) is 94.7 Å². The highest BCUT2D eigenvalue weighted by Gasteiger charge is 2.25. The minimum atomic E-state index is -0.302. The van der Waals surface area contributed by atoms with E-state index in [9.17, 15) is 9.59 Å². The molecule has 162 valence electrons. The largest absolute Gasteiger partial charge is 0.349 e. The lowest BCUT2D eigenvalue weighted by atomic mass is 9.91. The number of aromatic nitrogens is 5. The average molecular weight is 428 g/mol. The van der Waals surface area contributed by atoms with Crippen molar-refractivity contribution >= 4 is 16.8 Å². The second-order valence-corrected chi connectivity index (χ2v) is 8.26. The maximum atomic E-state index is 12.9. The number of carbonyl (C=O) groups excluding carboxylic acids is 1. The highest BCUT2D eigenvalue weighted by atomic mass is 16.2. The molecule has 1 aliphatic carbocycles. The smallest absolute Gasteiger partial charge is 0.263 e. The molecule has 8 heteroatoms. The highest BCUT2D eigenvalue weighted by molar-refractivity contribution is 5.97. The monoisotopic (exact) mass is 428 g/mol. The van der Waals surface area contributed by atoms with Gasteiger partial charge in [0.25, 0.3) is 11.5 Å². The van der Waals surface area contributed by atoms with Crippen molar-refractivity contribution in [2.24, 2.45) is 7.05 Å². The van der Waals surface area contributed by atoms with Crippen molar-refractivity contribution in [1.82, 2.24) is 29.6 Å². The van der Waals surface area contributed by atoms with Crippen LogP contribution in [0.5, 0.6) is 0 Å². The first-order valence-corrected chi connectivity index (χ1v) is 10.8. The minimum absolute atomic E-state index is 0.0462. The molecule has 5 rings (SSSR count). The fourth-order valence-corrected chi connectivity index (χ4v) is 4.45. The maximum Gasteiger partial charge on any atom is 0.263 e. The Balaban J connectivity index is 1.24. The fraction of sp³-hybridized carbons (Fsp3) is 0.292. The summed E-state index contributed by atoms with van der Waals surface area (Å²) in [5.41, 5.74) is 2.48. The van der Waals surface area contributed by atoms with E-state index in [0.29, 0.717) is 0 Å². The van der Waals surface area contributed by atoms with Gasteiger partial charge >= 0.3 is 0 Å². The van der Waals surface area contributed by atoms with Gasteiger partial charge in [0.15, 0.2) is 0 Å². The molecule has 0 bridgehead atoms. The highest BCUT2D eigenvalue weighted by Crippen LogP contribution is 2.29. The van der Waals surface area contributed by atoms with Gasteiger partial charge < -0.3 is 9.88 Å². The molecule has 3 aromatic heterocycles. The Morgan fingerprint density at radius 3 is 2.69 bits per heavy atom. The van der Waals surface area contributed by atoms with E-state index in [4.69, 9.17) is 0 Å². The van der Waals surface area contributed by atoms with Crippen LogP contribution in [0.4, 0.5) is 0 Å². The van der Waals surface area contributed by atoms with Gasteiger partial charge in [-0.1, -0.05) is 18.2 Å². The number of nitrogens with zero attached hydrogens (tertiary/aromatic N) is 5. The number of amides is 1. The molecule has 8 nitrogen and oxygen atoms in total. The Kier molecular flexibility index (Phi) is 5.26. The fourth-order valence-electron chi connectivity index (χ4n) is 4.45. The Bertz CT molecular complexity index is 1320. The Hall–Kier alpha value is -3.81. The summed E-state index contributed by atoms with van der Waals surface area (Å²) < 4.78 is 3.52. The zero-order chi connectivity index (χ0) is 22.1. The molecule has 0 spiro atoms. The van der Waals surface area contributed by atoms with E-state index < -0.39 is 0 Å². The van der Waals surface area contributed by atoms with Crippen molar-refractivity contribution < 1.29 is 4.79 Å². The van der Waals surface area contributed by atoms with E-state index in [1.165, 1.54) is 4.57 Å². The molecule has 1 N–H and O–H groups in total. The molecular weight excluding hydrogens is 404 g/mol. The van der Waals surface area contributed by atoms with Crippen LogP contribution in [-0.4, -0.2) is 36.3 Å². The summed E-state index contributed by atoms with van der Waals surface area (Å²) in [6, 6.07) is 9.60. The molecule has 0 unspecified atom stereocenters. The van der Waals surface area contributed by atoms with E-state index in [1.54, 1.807) is 31.7 Å². The standard InChI is InChI=1S/C24H24N6O2/c1-29-22-5-3-2-4-16(22)12-20(24(29)32)23(31)28-18-6-8-19(9-7-18)30-15-17(13-27-30)21-14-25-10-11-26-21/h2-5,10-15,18-19H,6-9H2,1H3,(H,28,31). The number of hydrogen-bond acceptors (Lipinski definition) is 5. The summed E-state index contributed by atoms with van der Waals surface area (Å²) in [4.78, 5) is 34.0. The van der Waals surface area contributed by atoms with Crippen molar-refractivity contribution in [3.63, 3.8) is 0 Å². The van der Waals surface area contributed by atoms with Crippen LogP contribution in [0.1, 0.15) is 42.1 Å². The lowest BCUT2D eigenvalue weighted by Crippen LogP contribution is -2.40. The van der Waals surface area contributed by atoms with Gasteiger partial charge in [0.1, 0.15) is 5.56 Å². The third kappa shape index (κ3) is 3.79. The molecule has 1 saturated carbocycles. The summed E-state index contributed by atoms with van der Waals surface area (Å²) in [7, 11) is 1.70. The Morgan fingerprint density at radius 1 is 1.09 bits per heavy atom. The van der Waals surface area contributed by atoms with Gasteiger partial charge in [-0.15, -0.1) is 0 Å². The molecule has 1 amide bonds. The molecule has 1 fully saturated rings. The van der Waals surface area contributed by atoms with Crippen LogP contribution in [0.3, 0.4) is 0 Å². The summed E-state index contributed by atoms with van der Waals surface area (Å²) in [5, 5.41) is 8.46. The van der Waals surface area contributed by atoms with E-state index in [1.807, 2.05) is 41.3 Å². The van der Waals surface area contributed by atoms with Crippen molar-refractivity contribution in [3.05, 3.63) is 77.2 Å². The molecule has 0 atom stereocenters. The zero-order valence-corrected chi connectivity index (χ0v) is 17.8. The summed E-state index contributed by atoms with van der Waals surface area (Å²) in [5.74, 6) is -0.302. The third-order valence-electron chi connectivity index (χ3n) is 6.24. The summed E-state index contributed by atoms with van der Waals surface area (Å²) in [6.07, 6.45) is 12.4. The quantitative estimate of drug-likeness (QED) is 0.539. The van der Waals surface area contributed by atoms with Gasteiger partial charge in [-0.3, -0.25) is 24.2 Å². The lowest BCUT2D eigenvalue weighted by Gasteiger charge is -2.29. The molecule has 32 heavy (non-hydrogen) atoms. The van der Waals surface area contributed by atoms with Crippen molar-refractivity contribution in [1.29, 1.82) is 0 Å². The summed E-state index contributed by atoms with van der Waals surface area (Å²) >= 11 is 0. The first kappa shape index (κ1) is 20.1. The van der Waals surface area contributed by atoms with Gasteiger partial charge in [0, 0.05) is 37.2 Å². The third-order valence-corrected chi connectivity index (χ3v) is 6.24. The van der Waals surface area contributed by atoms with Gasteiger partial charge in [0.2, 0.25) is 0 Å². The van der Waals surface area contributed by atoms with Crippen LogP contribution >= 0.6 is 0 Å². The first-order valence-electron chi connectivity index (χ1n) is 10.8. The minimum Gasteiger partial charge on any atom is -0.349 e. The molecule has 3 heterocycles. The number of para-hydroxylation sites is 1. The molecular formula is C24H24N6O2. The molecule has 0 radical (unpaired) electrons. The van der Waals surface area contributed by atoms with Crippen LogP contribution in [0.2, 0.25) is 0 Å². The number of hydrogen-bond donors (Lipinski definition) is 1. The van der Waals surface area contributed by atoms with Crippen LogP contribution in [0.25, 0.3) is 22.2 Å². The van der Waals surface area contributed by atoms with E-state index in [-0.39, 0.29) is 29.1 Å². The van der Waals surface area contributed by atoms with Gasteiger partial charge in [-0.2, -0.15) is 5.10 Å². The van der Waals surface area contributed by atoms with E-state index in [0.717, 1.165) is 47.8 Å². The first-order chi connectivity index (χ1) is 15.6. The number of fused-ring (bicyclic) bond motifs is 1. The molecule has 0 aliphatic heterocycles. The predicted molar refractivity (Wildman–Crippen MR) is 121 cm³/mol. The van der Waals surface area contributed by atoms with Crippen LogP contribution < -0.4 is 10.9 Å². The van der Waals surface area contributed by atoms with E-state index >= 15 is 0 Å². The lowest BCUT2D eigenvalue weighted by molar-refractivity contribution is 0.0920. The molecule has 0 saturated heterocycles. The van der Waals surface area contributed by atoms with Crippen LogP contribution in [-0.2, 0) is 7.05 Å². The number of carbonyl (C=O) groups is 1. The van der Waals surface area contributed by atoms with Gasteiger partial charge in [-0.05, 0) is 43.2 Å². The number of benzene rings is 1. The van der Waals surface area contributed by atoms with Gasteiger partial charge in [0.05, 0.1) is 29.6 Å². The molecule has 1 aromatic carbocycles. The van der Waals surface area contributed by atoms with Crippen molar-refractivity contribution in [2.45, 2.75) is 37.8 Å². The Morgan fingerprint density at radius 2 is 1.91 bits per heavy atom. The van der Waals surface area contributed by atoms with Crippen LogP contribution in [0, 0.1) is 0 Å². The van der Waals surface area contributed by atoms with E-state index in [2.05, 4.69) is 20.4 Å². The second-order valence-electron chi connectivity index (χ2n) is 8.26. The number of rotatable bonds is 4. The normalized spacial score (nSPS) is 18.5. The maximum absolute atomic E-state index is 12.9. The number of pyridine rings is 1. The molecule has 4 aromatic rings. The molecule has 1 aliphatic rings. The summed E-state index contributed by atoms with van der Waals surface area (Å²) in [6.45, 7) is 0. The SMILES string of the molecule is Cn1c(=O)c(C(=O)NC2CCC(n3cc(-c4cnccn4)cn3)CC2)cc2ccccc21. The van der Waals surface area contributed by atoms with Crippen molar-refractivity contribution in [3.8, 4) is 11.3 Å².